The van der Waals surface area contributed by atoms with Crippen LogP contribution in [0.3, 0.4) is 0 Å². The minimum atomic E-state index is -1.12. The van der Waals surface area contributed by atoms with Crippen LogP contribution in [-0.4, -0.2) is 219 Å². The van der Waals surface area contributed by atoms with Gasteiger partial charge in [0.15, 0.2) is 24.4 Å². The van der Waals surface area contributed by atoms with Crippen LogP contribution in [0.15, 0.2) is 217 Å². The van der Waals surface area contributed by atoms with Gasteiger partial charge in [-0.25, -0.2) is 15.0 Å². The minimum absolute atomic E-state index is 0. The van der Waals surface area contributed by atoms with Gasteiger partial charge in [-0.05, 0) is 172 Å². The van der Waals surface area contributed by atoms with Crippen molar-refractivity contribution in [1.82, 2.24) is 34.9 Å². The van der Waals surface area contributed by atoms with Crippen LogP contribution in [0, 0.1) is 0 Å². The second-order valence-electron chi connectivity index (χ2n) is 36.2. The Morgan fingerprint density at radius 1 is 0.481 bits per heavy atom. The van der Waals surface area contributed by atoms with Gasteiger partial charge in [-0.2, -0.15) is 0 Å². The van der Waals surface area contributed by atoms with Crippen molar-refractivity contribution in [2.45, 2.75) is 143 Å². The number of H-pyrrole nitrogens is 2. The average Bonchev–Trinajstić information content (AvgIpc) is 1.61. The Morgan fingerprint density at radius 3 is 1.26 bits per heavy atom. The fourth-order valence-corrected chi connectivity index (χ4v) is 17.1. The summed E-state index contributed by atoms with van der Waals surface area (Å²) in [5.41, 5.74) is 17.1. The molecular formula is C97H126BBr2ClCs2N13NaO15Si3. The third-order valence-corrected chi connectivity index (χ3v) is 28.9. The molecule has 17 rings (SSSR count). The van der Waals surface area contributed by atoms with Gasteiger partial charge in [-0.15, -0.1) is 0 Å². The molecule has 0 aliphatic carbocycles. The summed E-state index contributed by atoms with van der Waals surface area (Å²) < 4.78 is 58.0. The van der Waals surface area contributed by atoms with Crippen molar-refractivity contribution in [1.29, 1.82) is 0 Å². The van der Waals surface area contributed by atoms with Crippen LogP contribution in [0.2, 0.25) is 77.1 Å². The Labute approximate surface area is 962 Å². The summed E-state index contributed by atoms with van der Waals surface area (Å²) in [4.78, 5) is 83.1. The van der Waals surface area contributed by atoms with Crippen molar-refractivity contribution in [3.05, 3.63) is 263 Å². The monoisotopic (exact) mass is 2290 g/mol. The molecule has 7 aliphatic heterocycles. The van der Waals surface area contributed by atoms with Crippen LogP contribution in [0.25, 0.3) is 22.3 Å². The first-order valence-corrected chi connectivity index (χ1v) is 57.2. The van der Waals surface area contributed by atoms with Crippen LogP contribution in [-0.2, 0) is 67.0 Å². The molecule has 10 aromatic rings. The zero-order valence-corrected chi connectivity index (χ0v) is 102. The van der Waals surface area contributed by atoms with E-state index < -0.39 is 24.2 Å². The molecule has 3 aromatic carbocycles. The van der Waals surface area contributed by atoms with Crippen molar-refractivity contribution in [3.8, 4) is 33.8 Å². The molecule has 0 bridgehead atoms. The number of pyridine rings is 7. The molecule has 7 aliphatic rings. The minimum Gasteiger partial charge on any atom is -1.00 e. The van der Waals surface area contributed by atoms with Crippen LogP contribution in [0.1, 0.15) is 88.0 Å². The molecule has 28 nitrogen and oxygen atoms in total. The van der Waals surface area contributed by atoms with Crippen molar-refractivity contribution < 1.29 is 232 Å². The van der Waals surface area contributed by atoms with Crippen LogP contribution < -0.4 is 213 Å². The van der Waals surface area contributed by atoms with E-state index in [1.807, 2.05) is 61.2 Å². The molecule has 0 unspecified atom stereocenters. The van der Waals surface area contributed by atoms with Crippen LogP contribution >= 0.6 is 43.5 Å². The third kappa shape index (κ3) is 36.7. The quantitative estimate of drug-likeness (QED) is 0.00995. The van der Waals surface area contributed by atoms with E-state index in [2.05, 4.69) is 240 Å². The van der Waals surface area contributed by atoms with E-state index in [0.29, 0.717) is 42.5 Å². The Kier molecular flexibility index (Phi) is 50.7. The molecule has 4 fully saturated rings. The van der Waals surface area contributed by atoms with Crippen molar-refractivity contribution in [3.63, 3.8) is 0 Å². The SMILES string of the molecule is C.CC1(C)OB(c2ccc3c(c2)C(c2ccnc(N4CCOCC4)c2)=NC3)OC1(C)C.C[Si](C)(C)CCOCCl.C[Si](C)(C)CCOCOc1ccncc1-c1ccc2c(c1)C(c1ccnc(N3CCOCC3)c1)=NC2.C[Si](C)(C)CCOCOc1ccncc1Br.O=CO[O-].O=c1cc[nH]cc1-c1ccc2c(c1)C(c1ccnc(N3CCOCC3)c1)=NC2.O=c1cc[nH]cc1Br.[Cs+].[Cs+].[H-].[H-].[Na+]. The number of hydrogen-bond donors (Lipinski definition) is 2. The van der Waals surface area contributed by atoms with E-state index in [9.17, 15) is 9.59 Å². The summed E-state index contributed by atoms with van der Waals surface area (Å²) in [6.07, 6.45) is 19.2. The van der Waals surface area contributed by atoms with Gasteiger partial charge in [0.05, 0.1) is 96.6 Å². The number of aromatic amines is 2. The van der Waals surface area contributed by atoms with Gasteiger partial charge >= 0.3 is 174 Å². The number of halogens is 3. The summed E-state index contributed by atoms with van der Waals surface area (Å²) in [5, 5.41) is 8.43. The van der Waals surface area contributed by atoms with Crippen LogP contribution in [0.4, 0.5) is 17.5 Å². The molecule has 0 amide bonds. The number of benzene rings is 3. The number of nitrogens with zero attached hydrogens (tertiary/aromatic N) is 11. The predicted molar refractivity (Wildman–Crippen MR) is 541 cm³/mol. The number of aromatic nitrogens is 7. The zero-order chi connectivity index (χ0) is 93.6. The van der Waals surface area contributed by atoms with E-state index in [4.69, 9.17) is 83.8 Å². The number of ether oxygens (including phenoxy) is 8. The maximum Gasteiger partial charge on any atom is 1.00 e. The standard InChI is InChI=1S/C28H34N4O3Si.C23H28BN3O3.C22H20N4O2.C11H18BrNO2Si.C6H15ClOSi.C5H4BrNO.CH2O3.CH4.2Cs.Na.2H/c1-36(2,3)15-14-34-20-35-26-7-8-29-19-25(26)21-4-5-23-18-31-28(24(23)16-21)22-6-9-30-27(17-22)32-10-12-33-13-11-32;1-22(2)23(3,4)30-24(29-22)18-6-5-17-15-26-21(19(17)14-18)16-7-8-25-20(13-16)27-9-11-28-12-10-27;27-20-4-5-23-14-19(20)15-1-2-17-13-25-22(18(17)11-15)16-3-6-24-21(12-16)26-7-9-28-10-8-26;1-16(2,3)7-6-14-9-15-11-4-5-13-8-10(11)12;1-9(2,3)5-4-8-6-7;6-4-3-7-2-1-5(4)8;2-1-4-3;;;;;;/h4-9,16-17,19H,10-15,18,20H2,1-3H3;5-8,13-14H,9-12,15H2,1-4H3;1-6,11-12,14H,7-10,13H2,(H,23,27);4-5,8H,6-7,9H2,1-3H3;4-6H2,1-3H3;1-3H,(H,7,8);1,3H;1H4;;;;;/q;;;;;;;;3*+1;2*-1/p-1. The third-order valence-electron chi connectivity index (χ3n) is 22.4. The number of rotatable bonds is 26. The summed E-state index contributed by atoms with van der Waals surface area (Å²) >= 11 is 11.7. The van der Waals surface area contributed by atoms with Crippen LogP contribution in [0.5, 0.6) is 11.5 Å². The van der Waals surface area contributed by atoms with Gasteiger partial charge in [-0.1, -0.05) is 120 Å². The van der Waals surface area contributed by atoms with Gasteiger partial charge in [0, 0.05) is 208 Å². The largest absolute Gasteiger partial charge is 1.00 e. The average molecular weight is 2290 g/mol. The van der Waals surface area contributed by atoms with Gasteiger partial charge in [0.2, 0.25) is 0 Å². The first kappa shape index (κ1) is 117. The Balaban J connectivity index is 0.000000302. The molecule has 0 spiro atoms. The van der Waals surface area contributed by atoms with E-state index in [1.165, 1.54) is 28.8 Å². The number of carbonyl (C=O) groups is 1. The molecule has 4 saturated heterocycles. The fraction of sp³-hybridized carbons (Fsp3) is 0.412. The number of hydrogen-bond acceptors (Lipinski definition) is 26. The second kappa shape index (κ2) is 58.3. The molecule has 7 aromatic heterocycles. The molecule has 135 heavy (non-hydrogen) atoms. The maximum absolute atomic E-state index is 12.2. The van der Waals surface area contributed by atoms with Gasteiger partial charge in [-0.3, -0.25) is 39.3 Å². The fourth-order valence-electron chi connectivity index (χ4n) is 14.1. The molecule has 0 radical (unpaired) electrons. The number of aliphatic imine (C=N–C) groups is 3. The molecule has 0 atom stereocenters. The number of fused-ring (bicyclic) bond motifs is 3. The summed E-state index contributed by atoms with van der Waals surface area (Å²) in [5.74, 6) is 4.44. The first-order valence-electron chi connectivity index (χ1n) is 44.0. The Hall–Kier alpha value is -4.50. The number of morpholine rings is 3. The molecule has 14 heterocycles. The van der Waals surface area contributed by atoms with E-state index in [0.717, 1.165) is 217 Å². The van der Waals surface area contributed by atoms with E-state index in [-0.39, 0.29) is 220 Å². The molecule has 2 N–H and O–H groups in total. The van der Waals surface area contributed by atoms with E-state index >= 15 is 0 Å². The first-order chi connectivity index (χ1) is 62.9. The topological polar surface area (TPSA) is 319 Å². The molecular weight excluding hydrogens is 2170 g/mol. The number of nitrogens with one attached hydrogen (secondary N) is 2. The maximum atomic E-state index is 12.2. The van der Waals surface area contributed by atoms with E-state index in [1.54, 1.807) is 49.4 Å². The van der Waals surface area contributed by atoms with Crippen molar-refractivity contribution in [2.75, 3.05) is 133 Å². The smallest absolute Gasteiger partial charge is 1.00 e. The molecule has 708 valence electrons. The normalized spacial score (nSPS) is 15.3. The van der Waals surface area contributed by atoms with Crippen molar-refractivity contribution in [2.24, 2.45) is 15.0 Å². The number of alkyl halides is 1. The number of anilines is 3. The van der Waals surface area contributed by atoms with Gasteiger partial charge in [0.25, 0.3) is 6.47 Å². The second-order valence-corrected chi connectivity index (χ2v) is 55.0. The zero-order valence-electron chi connectivity index (χ0n) is 82.1. The molecule has 0 saturated carbocycles. The molecule has 38 heteroatoms. The Morgan fingerprint density at radius 2 is 0.867 bits per heavy atom. The summed E-state index contributed by atoms with van der Waals surface area (Å²) in [6, 6.07) is 42.1. The summed E-state index contributed by atoms with van der Waals surface area (Å²) in [7, 11) is -3.37. The van der Waals surface area contributed by atoms with Gasteiger partial charge < -0.3 is 84.9 Å². The predicted octanol–water partition coefficient (Wildman–Crippen LogP) is 7.73. The van der Waals surface area contributed by atoms with Gasteiger partial charge in [0.1, 0.15) is 35.0 Å². The number of carbonyl (C=O) groups excluding carboxylic acids is 1. The summed E-state index contributed by atoms with van der Waals surface area (Å²) in [6.45, 7) is 43.6. The Bertz CT molecular complexity index is 5630. The van der Waals surface area contributed by atoms with Crippen molar-refractivity contribution >= 4 is 121 Å².